The van der Waals surface area contributed by atoms with E-state index in [9.17, 15) is 87.5 Å². The quantitative estimate of drug-likeness (QED) is 0.0317. The van der Waals surface area contributed by atoms with Gasteiger partial charge in [-0.1, -0.05) is 85.7 Å². The summed E-state index contributed by atoms with van der Waals surface area (Å²) in [6, 6.07) is -8.41. The Hall–Kier alpha value is -8.36. The lowest BCUT2D eigenvalue weighted by molar-refractivity contribution is -0.143. The number of benzene rings is 1. The van der Waals surface area contributed by atoms with Crippen LogP contribution in [-0.2, 0) is 73.5 Å². The third-order valence-electron chi connectivity index (χ3n) is 14.8. The number of carbonyl (C=O) groups excluding carboxylic acids is 10. The van der Waals surface area contributed by atoms with Crippen molar-refractivity contribution >= 4 is 82.9 Å². The van der Waals surface area contributed by atoms with Crippen LogP contribution in [0.25, 0.3) is 0 Å². The second-order valence-electron chi connectivity index (χ2n) is 24.8. The SMILES string of the molecule is CC(C)C[C@H](NC(=O)[C@H](Cc1ccccc1)NC(=O)[C@H](CCCCN)NC(=O)[C@H](CC(=O)O)NC(=O)[C@@H](NC(=O)[C@@H](N)CC(C)C)C(C)C)C(=O)N[C@@H](CCC(=O)O)C(=O)N[C@@H](CC(=O)O)C(=O)N[C@H](C(=O)N[C@@H](CCCCN)C(=O)N[C@@H](CCCCN)C(=O)O)C(C)C. The zero-order valence-corrected chi connectivity index (χ0v) is 55.3. The van der Waals surface area contributed by atoms with E-state index in [4.69, 9.17) is 22.9 Å². The van der Waals surface area contributed by atoms with Crippen LogP contribution >= 0.6 is 0 Å². The number of carbonyl (C=O) groups is 14. The van der Waals surface area contributed by atoms with E-state index >= 15 is 0 Å². The number of nitrogens with two attached hydrogens (primary N) is 4. The van der Waals surface area contributed by atoms with Crippen molar-refractivity contribution in [1.82, 2.24) is 53.2 Å². The lowest BCUT2D eigenvalue weighted by atomic mass is 9.99. The van der Waals surface area contributed by atoms with Gasteiger partial charge in [-0.25, -0.2) is 4.79 Å². The Morgan fingerprint density at radius 3 is 1.10 bits per heavy atom. The highest BCUT2D eigenvalue weighted by Crippen LogP contribution is 2.15. The first-order valence-corrected chi connectivity index (χ1v) is 32.0. The molecular weight excluding hydrogens is 1230 g/mol. The number of nitrogens with one attached hydrogen (secondary N) is 10. The van der Waals surface area contributed by atoms with Crippen molar-refractivity contribution in [3.63, 3.8) is 0 Å². The molecule has 22 N–H and O–H groups in total. The number of hydrogen-bond acceptors (Lipinski definition) is 18. The molecule has 1 aromatic rings. The van der Waals surface area contributed by atoms with Crippen LogP contribution in [0.15, 0.2) is 30.3 Å². The lowest BCUT2D eigenvalue weighted by Gasteiger charge is -2.29. The molecule has 11 atom stereocenters. The summed E-state index contributed by atoms with van der Waals surface area (Å²) in [5.41, 5.74) is 23.5. The Labute approximate surface area is 548 Å². The van der Waals surface area contributed by atoms with E-state index in [2.05, 4.69) is 53.2 Å². The Kier molecular flexibility index (Phi) is 39.4. The van der Waals surface area contributed by atoms with Crippen LogP contribution in [0.5, 0.6) is 0 Å². The standard InChI is InChI=1S/C62H104N14O18/c1-33(2)28-38(66)52(83)75-50(35(5)6)61(92)74-45(31-48(79)80)58(89)67-39(20-12-15-25-63)54(85)72-44(30-37-18-10-9-11-19-37)57(88)71-43(29-34(3)4)56(87)68-41(23-24-47(77)78)55(86)73-46(32-49(81)82)59(90)76-51(36(7)8)60(91)69-40(21-13-16-26-64)53(84)70-42(62(93)94)22-14-17-27-65/h9-11,18-19,33-36,38-46,50-51H,12-17,20-32,63-66H2,1-8H3,(H,67,89)(H,68,87)(H,69,91)(H,70,84)(H,71,88)(H,72,85)(H,73,86)(H,74,92)(H,75,83)(H,76,90)(H,77,78)(H,79,80)(H,81,82)(H,93,94)/t38-,39-,40-,41-,42-,43-,44-,45-,46-,50-,51-/m0/s1. The van der Waals surface area contributed by atoms with Gasteiger partial charge in [0, 0.05) is 12.8 Å². The van der Waals surface area contributed by atoms with Gasteiger partial charge < -0.3 is 96.5 Å². The molecule has 10 amide bonds. The molecule has 0 saturated heterocycles. The monoisotopic (exact) mass is 1330 g/mol. The van der Waals surface area contributed by atoms with Gasteiger partial charge in [0.05, 0.1) is 18.9 Å². The number of carboxylic acid groups (broad SMARTS) is 4. The van der Waals surface area contributed by atoms with Gasteiger partial charge in [-0.3, -0.25) is 62.3 Å². The fraction of sp³-hybridized carbons (Fsp3) is 0.677. The van der Waals surface area contributed by atoms with Crippen molar-refractivity contribution in [2.45, 2.75) is 225 Å². The normalized spacial score (nSPS) is 14.8. The van der Waals surface area contributed by atoms with Gasteiger partial charge in [0.1, 0.15) is 60.4 Å². The van der Waals surface area contributed by atoms with Crippen molar-refractivity contribution in [3.05, 3.63) is 35.9 Å². The maximum atomic E-state index is 14.6. The van der Waals surface area contributed by atoms with Gasteiger partial charge in [-0.15, -0.1) is 0 Å². The van der Waals surface area contributed by atoms with Crippen molar-refractivity contribution in [2.24, 2.45) is 46.6 Å². The van der Waals surface area contributed by atoms with Crippen molar-refractivity contribution in [2.75, 3.05) is 19.6 Å². The van der Waals surface area contributed by atoms with Crippen LogP contribution in [0.3, 0.4) is 0 Å². The molecule has 0 fully saturated rings. The van der Waals surface area contributed by atoms with E-state index in [1.54, 1.807) is 58.0 Å². The van der Waals surface area contributed by atoms with Crippen LogP contribution in [0.1, 0.15) is 157 Å². The number of aliphatic carboxylic acids is 4. The highest BCUT2D eigenvalue weighted by atomic mass is 16.4. The Morgan fingerprint density at radius 1 is 0.362 bits per heavy atom. The minimum absolute atomic E-state index is 0.00184. The summed E-state index contributed by atoms with van der Waals surface area (Å²) in [6.45, 7) is 14.0. The van der Waals surface area contributed by atoms with Crippen molar-refractivity contribution in [1.29, 1.82) is 0 Å². The molecule has 32 nitrogen and oxygen atoms in total. The molecule has 530 valence electrons. The first-order chi connectivity index (χ1) is 44.1. The van der Waals surface area contributed by atoms with E-state index in [0.29, 0.717) is 37.7 Å². The van der Waals surface area contributed by atoms with Gasteiger partial charge in [0.2, 0.25) is 59.1 Å². The average Bonchev–Trinajstić information content (AvgIpc) is 0.874. The van der Waals surface area contributed by atoms with Gasteiger partial charge >= 0.3 is 23.9 Å². The molecule has 0 saturated carbocycles. The van der Waals surface area contributed by atoms with Gasteiger partial charge in [0.25, 0.3) is 0 Å². The van der Waals surface area contributed by atoms with Crippen LogP contribution in [0.2, 0.25) is 0 Å². The zero-order chi connectivity index (χ0) is 71.4. The topological polar surface area (TPSA) is 544 Å². The molecule has 32 heteroatoms. The van der Waals surface area contributed by atoms with E-state index in [-0.39, 0.29) is 76.4 Å². The second-order valence-corrected chi connectivity index (χ2v) is 24.8. The van der Waals surface area contributed by atoms with Gasteiger partial charge in [-0.2, -0.15) is 0 Å². The number of unbranched alkanes of at least 4 members (excludes halogenated alkanes) is 3. The Bertz CT molecular complexity index is 2670. The molecule has 0 aliphatic rings. The maximum absolute atomic E-state index is 14.6. The number of hydrogen-bond donors (Lipinski definition) is 18. The Morgan fingerprint density at radius 2 is 0.691 bits per heavy atom. The summed E-state index contributed by atoms with van der Waals surface area (Å²) in [7, 11) is 0. The molecular formula is C62H104N14O18. The second kappa shape index (κ2) is 44.3. The van der Waals surface area contributed by atoms with Crippen molar-refractivity contribution < 1.29 is 87.5 Å². The van der Waals surface area contributed by atoms with E-state index < -0.39 is 187 Å². The van der Waals surface area contributed by atoms with E-state index in [1.807, 2.05) is 13.8 Å². The number of carboxylic acids is 4. The summed E-state index contributed by atoms with van der Waals surface area (Å²) in [6.07, 6.45) is -1.53. The molecule has 0 spiro atoms. The minimum Gasteiger partial charge on any atom is -0.481 e. The van der Waals surface area contributed by atoms with Crippen LogP contribution in [0, 0.1) is 23.7 Å². The lowest BCUT2D eigenvalue weighted by Crippen LogP contribution is -2.61. The number of rotatable bonds is 48. The molecule has 0 unspecified atom stereocenters. The van der Waals surface area contributed by atoms with Crippen LogP contribution < -0.4 is 76.1 Å². The predicted molar refractivity (Wildman–Crippen MR) is 344 cm³/mol. The third-order valence-corrected chi connectivity index (χ3v) is 14.8. The summed E-state index contributed by atoms with van der Waals surface area (Å²) >= 11 is 0. The molecule has 0 heterocycles. The molecule has 0 radical (unpaired) electrons. The largest absolute Gasteiger partial charge is 0.481 e. The smallest absolute Gasteiger partial charge is 0.326 e. The van der Waals surface area contributed by atoms with Gasteiger partial charge in [0.15, 0.2) is 0 Å². The summed E-state index contributed by atoms with van der Waals surface area (Å²) in [5, 5.41) is 64.0. The Balaban J connectivity index is 3.70. The molecule has 0 aliphatic carbocycles. The fourth-order valence-electron chi connectivity index (χ4n) is 9.70. The van der Waals surface area contributed by atoms with E-state index in [0.717, 1.165) is 0 Å². The first kappa shape index (κ1) is 83.7. The predicted octanol–water partition coefficient (Wildman–Crippen LogP) is -1.91. The highest BCUT2D eigenvalue weighted by molar-refractivity contribution is 6.00. The van der Waals surface area contributed by atoms with Crippen molar-refractivity contribution in [3.8, 4) is 0 Å². The van der Waals surface area contributed by atoms with E-state index in [1.165, 1.54) is 13.8 Å². The summed E-state index contributed by atoms with van der Waals surface area (Å²) in [4.78, 5) is 188. The molecule has 0 aromatic heterocycles. The molecule has 1 aromatic carbocycles. The van der Waals surface area contributed by atoms with Crippen LogP contribution in [-0.4, -0.2) is 189 Å². The van der Waals surface area contributed by atoms with Crippen LogP contribution in [0.4, 0.5) is 0 Å². The summed E-state index contributed by atoms with van der Waals surface area (Å²) in [5.74, 6) is -17.6. The maximum Gasteiger partial charge on any atom is 0.326 e. The molecule has 0 bridgehead atoms. The molecule has 1 rings (SSSR count). The average molecular weight is 1330 g/mol. The zero-order valence-electron chi connectivity index (χ0n) is 55.3. The van der Waals surface area contributed by atoms with Gasteiger partial charge in [-0.05, 0) is 126 Å². The molecule has 0 aliphatic heterocycles. The first-order valence-electron chi connectivity index (χ1n) is 32.0. The number of amides is 10. The fourth-order valence-corrected chi connectivity index (χ4v) is 9.70. The summed E-state index contributed by atoms with van der Waals surface area (Å²) < 4.78 is 0. The minimum atomic E-state index is -1.99. The molecule has 94 heavy (non-hydrogen) atoms. The highest BCUT2D eigenvalue weighted by Gasteiger charge is 2.38. The third kappa shape index (κ3) is 33.0.